The first-order chi connectivity index (χ1) is 12.0. The molecule has 0 spiro atoms. The molecule has 1 heterocycles. The van der Waals surface area contributed by atoms with Gasteiger partial charge in [-0.2, -0.15) is 5.10 Å². The number of anilines is 1. The van der Waals surface area contributed by atoms with Crippen LogP contribution in [-0.2, 0) is 9.59 Å². The van der Waals surface area contributed by atoms with Crippen molar-refractivity contribution >= 4 is 17.5 Å². The van der Waals surface area contributed by atoms with Gasteiger partial charge in [0.2, 0.25) is 0 Å². The number of nitrogens with zero attached hydrogens (tertiary/aromatic N) is 3. The van der Waals surface area contributed by atoms with E-state index in [2.05, 4.69) is 27.6 Å². The molecule has 2 aromatic rings. The molecule has 3 rings (SSSR count). The van der Waals surface area contributed by atoms with Crippen LogP contribution < -0.4 is 10.6 Å². The molecule has 1 fully saturated rings. The number of benzene rings is 1. The van der Waals surface area contributed by atoms with Gasteiger partial charge in [0, 0.05) is 11.7 Å². The number of carbonyl (C=O) groups is 2. The van der Waals surface area contributed by atoms with Crippen molar-refractivity contribution in [3.63, 3.8) is 0 Å². The largest absolute Gasteiger partial charge is 0.345 e. The maximum absolute atomic E-state index is 14.1. The van der Waals surface area contributed by atoms with Crippen LogP contribution >= 0.6 is 0 Å². The zero-order valence-electron chi connectivity index (χ0n) is 13.9. The molecule has 0 radical (unpaired) electrons. The fraction of sp³-hybridized carbons (Fsp3) is 0.412. The van der Waals surface area contributed by atoms with Gasteiger partial charge in [-0.15, -0.1) is 0 Å². The van der Waals surface area contributed by atoms with Gasteiger partial charge in [-0.05, 0) is 37.0 Å². The Kier molecular flexibility index (Phi) is 5.06. The molecule has 7 nitrogen and oxygen atoms in total. The Morgan fingerprint density at radius 2 is 2.12 bits per heavy atom. The van der Waals surface area contributed by atoms with E-state index >= 15 is 0 Å². The number of nitrogens with one attached hydrogen (secondary N) is 2. The van der Waals surface area contributed by atoms with Crippen LogP contribution in [0.2, 0.25) is 0 Å². The number of hydrogen-bond donors (Lipinski definition) is 2. The second kappa shape index (κ2) is 7.42. The van der Waals surface area contributed by atoms with E-state index in [0.29, 0.717) is 5.92 Å². The first kappa shape index (κ1) is 17.1. The molecular formula is C17H20FN5O2. The number of carbonyl (C=O) groups excluding carboxylic acids is 2. The number of amides is 2. The molecule has 2 atom stereocenters. The van der Waals surface area contributed by atoms with Gasteiger partial charge in [0.25, 0.3) is 0 Å². The summed E-state index contributed by atoms with van der Waals surface area (Å²) in [6.45, 7) is 2.14. The minimum absolute atomic E-state index is 0.0217. The molecule has 1 aromatic heterocycles. The van der Waals surface area contributed by atoms with Gasteiger partial charge in [-0.25, -0.2) is 14.1 Å². The fourth-order valence-corrected chi connectivity index (χ4v) is 3.11. The quantitative estimate of drug-likeness (QED) is 0.833. The maximum atomic E-state index is 14.1. The lowest BCUT2D eigenvalue weighted by molar-refractivity contribution is -0.136. The molecule has 0 saturated heterocycles. The molecular weight excluding hydrogens is 325 g/mol. The first-order valence-corrected chi connectivity index (χ1v) is 8.29. The summed E-state index contributed by atoms with van der Waals surface area (Å²) >= 11 is 0. The van der Waals surface area contributed by atoms with E-state index in [0.717, 1.165) is 31.7 Å². The highest BCUT2D eigenvalue weighted by atomic mass is 19.1. The molecule has 132 valence electrons. The van der Waals surface area contributed by atoms with Crippen LogP contribution in [0.15, 0.2) is 30.9 Å². The third-order valence-corrected chi connectivity index (χ3v) is 4.35. The smallest absolute Gasteiger partial charge is 0.313 e. The summed E-state index contributed by atoms with van der Waals surface area (Å²) in [5.74, 6) is -1.53. The van der Waals surface area contributed by atoms with E-state index in [-0.39, 0.29) is 17.4 Å². The lowest BCUT2D eigenvalue weighted by atomic mass is 9.87. The molecule has 0 bridgehead atoms. The van der Waals surface area contributed by atoms with Crippen molar-refractivity contribution in [1.82, 2.24) is 20.1 Å². The third-order valence-electron chi connectivity index (χ3n) is 4.35. The SMILES string of the molecule is C[C@@H]1CCC[C@H](NC(=O)C(=O)Nc2ccc(-n3cncn3)c(F)c2)C1. The van der Waals surface area contributed by atoms with Gasteiger partial charge in [0.05, 0.1) is 0 Å². The van der Waals surface area contributed by atoms with Crippen molar-refractivity contribution in [3.05, 3.63) is 36.7 Å². The van der Waals surface area contributed by atoms with E-state index < -0.39 is 17.6 Å². The number of rotatable bonds is 3. The number of hydrogen-bond acceptors (Lipinski definition) is 4. The Bertz CT molecular complexity index is 762. The lowest BCUT2D eigenvalue weighted by Crippen LogP contribution is -2.43. The van der Waals surface area contributed by atoms with E-state index in [4.69, 9.17) is 0 Å². The Labute approximate surface area is 144 Å². The molecule has 1 aromatic carbocycles. The predicted molar refractivity (Wildman–Crippen MR) is 89.5 cm³/mol. The van der Waals surface area contributed by atoms with Crippen molar-refractivity contribution in [2.75, 3.05) is 5.32 Å². The van der Waals surface area contributed by atoms with Crippen LogP contribution in [-0.4, -0.2) is 32.6 Å². The molecule has 1 saturated carbocycles. The summed E-state index contributed by atoms with van der Waals surface area (Å²) < 4.78 is 15.4. The summed E-state index contributed by atoms with van der Waals surface area (Å²) in [4.78, 5) is 27.8. The number of aromatic nitrogens is 3. The minimum Gasteiger partial charge on any atom is -0.345 e. The highest BCUT2D eigenvalue weighted by Crippen LogP contribution is 2.23. The van der Waals surface area contributed by atoms with Crippen LogP contribution in [0, 0.1) is 11.7 Å². The summed E-state index contributed by atoms with van der Waals surface area (Å²) in [5, 5.41) is 9.02. The van der Waals surface area contributed by atoms with Crippen LogP contribution in [0.25, 0.3) is 5.69 Å². The summed E-state index contributed by atoms with van der Waals surface area (Å²) in [7, 11) is 0. The van der Waals surface area contributed by atoms with Gasteiger partial charge in [0.15, 0.2) is 5.82 Å². The minimum atomic E-state index is -0.800. The lowest BCUT2D eigenvalue weighted by Gasteiger charge is -2.27. The van der Waals surface area contributed by atoms with E-state index in [1.807, 2.05) is 0 Å². The molecule has 8 heteroatoms. The topological polar surface area (TPSA) is 88.9 Å². The Balaban J connectivity index is 1.60. The average Bonchev–Trinajstić information content (AvgIpc) is 3.09. The summed E-state index contributed by atoms with van der Waals surface area (Å²) in [6.07, 6.45) is 6.62. The second-order valence-corrected chi connectivity index (χ2v) is 6.40. The summed E-state index contributed by atoms with van der Waals surface area (Å²) in [5.41, 5.74) is 0.412. The van der Waals surface area contributed by atoms with Gasteiger partial charge in [0.1, 0.15) is 18.3 Å². The van der Waals surface area contributed by atoms with Crippen molar-refractivity contribution < 1.29 is 14.0 Å². The molecule has 25 heavy (non-hydrogen) atoms. The van der Waals surface area contributed by atoms with Crippen molar-refractivity contribution in [3.8, 4) is 5.69 Å². The van der Waals surface area contributed by atoms with E-state index in [1.165, 1.54) is 29.5 Å². The van der Waals surface area contributed by atoms with Crippen LogP contribution in [0.5, 0.6) is 0 Å². The fourth-order valence-electron chi connectivity index (χ4n) is 3.11. The van der Waals surface area contributed by atoms with Crippen LogP contribution in [0.4, 0.5) is 10.1 Å². The Hall–Kier alpha value is -2.77. The summed E-state index contributed by atoms with van der Waals surface area (Å²) in [6, 6.07) is 4.13. The average molecular weight is 345 g/mol. The van der Waals surface area contributed by atoms with E-state index in [9.17, 15) is 14.0 Å². The van der Waals surface area contributed by atoms with Gasteiger partial charge < -0.3 is 10.6 Å². The highest BCUT2D eigenvalue weighted by Gasteiger charge is 2.23. The van der Waals surface area contributed by atoms with Crippen molar-refractivity contribution in [2.24, 2.45) is 5.92 Å². The van der Waals surface area contributed by atoms with Crippen molar-refractivity contribution in [2.45, 2.75) is 38.6 Å². The third kappa shape index (κ3) is 4.20. The highest BCUT2D eigenvalue weighted by molar-refractivity contribution is 6.39. The Morgan fingerprint density at radius 1 is 1.28 bits per heavy atom. The number of halogens is 1. The predicted octanol–water partition coefficient (Wildman–Crippen LogP) is 2.04. The van der Waals surface area contributed by atoms with Gasteiger partial charge in [-0.3, -0.25) is 9.59 Å². The second-order valence-electron chi connectivity index (χ2n) is 6.40. The molecule has 0 unspecified atom stereocenters. The van der Waals surface area contributed by atoms with Crippen molar-refractivity contribution in [1.29, 1.82) is 0 Å². The van der Waals surface area contributed by atoms with Crippen LogP contribution in [0.1, 0.15) is 32.6 Å². The first-order valence-electron chi connectivity index (χ1n) is 8.29. The normalized spacial score (nSPS) is 20.1. The Morgan fingerprint density at radius 3 is 2.80 bits per heavy atom. The molecule has 2 amide bonds. The molecule has 0 aliphatic heterocycles. The van der Waals surface area contributed by atoms with E-state index in [1.54, 1.807) is 0 Å². The zero-order valence-corrected chi connectivity index (χ0v) is 13.9. The van der Waals surface area contributed by atoms with Gasteiger partial charge in [-0.1, -0.05) is 19.8 Å². The van der Waals surface area contributed by atoms with Crippen LogP contribution in [0.3, 0.4) is 0 Å². The van der Waals surface area contributed by atoms with Gasteiger partial charge >= 0.3 is 11.8 Å². The zero-order chi connectivity index (χ0) is 17.8. The molecule has 2 N–H and O–H groups in total. The molecule has 1 aliphatic carbocycles. The standard InChI is InChI=1S/C17H20FN5O2/c1-11-3-2-4-12(7-11)21-16(24)17(25)22-13-5-6-15(14(18)8-13)23-10-19-9-20-23/h5-6,8-12H,2-4,7H2,1H3,(H,21,24)(H,22,25)/t11-,12+/m1/s1. The monoisotopic (exact) mass is 345 g/mol. The molecule has 1 aliphatic rings. The maximum Gasteiger partial charge on any atom is 0.313 e.